The van der Waals surface area contributed by atoms with Crippen LogP contribution in [0.1, 0.15) is 5.56 Å². The lowest BCUT2D eigenvalue weighted by Gasteiger charge is -2.33. The third-order valence-electron chi connectivity index (χ3n) is 3.22. The van der Waals surface area contributed by atoms with Gasteiger partial charge in [-0.15, -0.1) is 0 Å². The molecule has 7 heteroatoms. The van der Waals surface area contributed by atoms with Crippen LogP contribution in [-0.2, 0) is 16.6 Å². The molecule has 1 fully saturated rings. The molecule has 106 valence electrons. The smallest absolute Gasteiger partial charge is 0.211 e. The van der Waals surface area contributed by atoms with E-state index in [0.29, 0.717) is 32.7 Å². The lowest BCUT2D eigenvalue weighted by molar-refractivity contribution is 0.182. The first-order valence-electron chi connectivity index (χ1n) is 6.01. The van der Waals surface area contributed by atoms with Crippen molar-refractivity contribution < 1.29 is 13.5 Å². The second kappa shape index (κ2) is 5.78. The summed E-state index contributed by atoms with van der Waals surface area (Å²) >= 11 is 3.46. The molecule has 1 aromatic rings. The van der Waals surface area contributed by atoms with Gasteiger partial charge in [0.1, 0.15) is 5.75 Å². The Kier molecular flexibility index (Phi) is 4.50. The maximum Gasteiger partial charge on any atom is 0.211 e. The predicted molar refractivity (Wildman–Crippen MR) is 77.5 cm³/mol. The molecule has 0 radical (unpaired) electrons. The van der Waals surface area contributed by atoms with Gasteiger partial charge in [-0.25, -0.2) is 8.42 Å². The molecule has 0 spiro atoms. The van der Waals surface area contributed by atoms with E-state index in [1.807, 2.05) is 6.07 Å². The highest BCUT2D eigenvalue weighted by molar-refractivity contribution is 9.10. The van der Waals surface area contributed by atoms with Crippen molar-refractivity contribution in [3.05, 3.63) is 28.2 Å². The van der Waals surface area contributed by atoms with Crippen LogP contribution in [0.25, 0.3) is 0 Å². The Labute approximate surface area is 122 Å². The van der Waals surface area contributed by atoms with Crippen molar-refractivity contribution >= 4 is 26.0 Å². The molecule has 0 bridgehead atoms. The molecule has 2 rings (SSSR count). The molecule has 0 saturated carbocycles. The predicted octanol–water partition coefficient (Wildman–Crippen LogP) is 1.23. The molecule has 19 heavy (non-hydrogen) atoms. The normalized spacial score (nSPS) is 18.6. The average molecular weight is 349 g/mol. The quantitative estimate of drug-likeness (QED) is 0.892. The molecule has 0 unspecified atom stereocenters. The van der Waals surface area contributed by atoms with Crippen molar-refractivity contribution in [1.82, 2.24) is 9.21 Å². The van der Waals surface area contributed by atoms with Crippen LogP contribution in [0.4, 0.5) is 0 Å². The van der Waals surface area contributed by atoms with Crippen molar-refractivity contribution in [2.45, 2.75) is 6.54 Å². The van der Waals surface area contributed by atoms with Gasteiger partial charge in [-0.2, -0.15) is 4.31 Å². The number of hydrogen-bond acceptors (Lipinski definition) is 4. The van der Waals surface area contributed by atoms with Crippen LogP contribution in [0.3, 0.4) is 0 Å². The minimum absolute atomic E-state index is 0.243. The zero-order chi connectivity index (χ0) is 14.0. The van der Waals surface area contributed by atoms with Crippen LogP contribution < -0.4 is 0 Å². The molecular formula is C12H17BrN2O3S. The van der Waals surface area contributed by atoms with Gasteiger partial charge in [0.25, 0.3) is 0 Å². The van der Waals surface area contributed by atoms with Crippen molar-refractivity contribution in [3.8, 4) is 5.75 Å². The third kappa shape index (κ3) is 3.92. The number of phenols is 1. The van der Waals surface area contributed by atoms with Crippen molar-refractivity contribution in [2.75, 3.05) is 32.4 Å². The summed E-state index contributed by atoms with van der Waals surface area (Å²) in [7, 11) is -3.08. The second-order valence-corrected chi connectivity index (χ2v) is 7.55. The minimum atomic E-state index is -3.08. The highest BCUT2D eigenvalue weighted by atomic mass is 79.9. The molecular weight excluding hydrogens is 332 g/mol. The summed E-state index contributed by atoms with van der Waals surface area (Å²) in [5.74, 6) is 0.243. The van der Waals surface area contributed by atoms with Gasteiger partial charge in [0.15, 0.2) is 0 Å². The van der Waals surface area contributed by atoms with E-state index >= 15 is 0 Å². The number of benzene rings is 1. The lowest BCUT2D eigenvalue weighted by Crippen LogP contribution is -2.47. The standard InChI is InChI=1S/C12H17BrN2O3S/c1-19(17,18)15-6-4-14(5-7-15)9-10-8-11(16)2-3-12(10)13/h2-3,8,16H,4-7,9H2,1H3. The van der Waals surface area contributed by atoms with Crippen molar-refractivity contribution in [2.24, 2.45) is 0 Å². The Morgan fingerprint density at radius 2 is 1.89 bits per heavy atom. The van der Waals surface area contributed by atoms with Crippen molar-refractivity contribution in [1.29, 1.82) is 0 Å². The van der Waals surface area contributed by atoms with Crippen LogP contribution in [0.2, 0.25) is 0 Å². The molecule has 0 aromatic heterocycles. The minimum Gasteiger partial charge on any atom is -0.508 e. The van der Waals surface area contributed by atoms with Crippen LogP contribution in [-0.4, -0.2) is 55.2 Å². The first-order chi connectivity index (χ1) is 8.86. The number of nitrogens with zero attached hydrogens (tertiary/aromatic N) is 2. The Morgan fingerprint density at radius 1 is 1.26 bits per heavy atom. The van der Waals surface area contributed by atoms with E-state index in [0.717, 1.165) is 10.0 Å². The monoisotopic (exact) mass is 348 g/mol. The highest BCUT2D eigenvalue weighted by Gasteiger charge is 2.23. The fourth-order valence-corrected chi connectivity index (χ4v) is 3.34. The van der Waals surface area contributed by atoms with Crippen LogP contribution >= 0.6 is 15.9 Å². The summed E-state index contributed by atoms with van der Waals surface area (Å²) in [6.07, 6.45) is 1.24. The third-order valence-corrected chi connectivity index (χ3v) is 5.30. The van der Waals surface area contributed by atoms with Gasteiger partial charge >= 0.3 is 0 Å². The lowest BCUT2D eigenvalue weighted by atomic mass is 10.2. The number of piperazine rings is 1. The number of hydrogen-bond donors (Lipinski definition) is 1. The summed E-state index contributed by atoms with van der Waals surface area (Å²) in [5, 5.41) is 9.49. The molecule has 1 heterocycles. The Balaban J connectivity index is 1.98. The van der Waals surface area contributed by atoms with Gasteiger partial charge in [-0.3, -0.25) is 4.90 Å². The summed E-state index contributed by atoms with van der Waals surface area (Å²) in [5.41, 5.74) is 1.01. The maximum atomic E-state index is 11.4. The highest BCUT2D eigenvalue weighted by Crippen LogP contribution is 2.23. The molecule has 0 aliphatic carbocycles. The van der Waals surface area contributed by atoms with Crippen LogP contribution in [0.5, 0.6) is 5.75 Å². The number of phenolic OH excluding ortho intramolecular Hbond substituents is 1. The Hall–Kier alpha value is -0.630. The Morgan fingerprint density at radius 3 is 2.47 bits per heavy atom. The summed E-state index contributed by atoms with van der Waals surface area (Å²) in [4.78, 5) is 2.18. The largest absolute Gasteiger partial charge is 0.508 e. The van der Waals surface area contributed by atoms with Crippen LogP contribution in [0, 0.1) is 0 Å². The summed E-state index contributed by atoms with van der Waals surface area (Å²) in [6.45, 7) is 3.15. The second-order valence-electron chi connectivity index (χ2n) is 4.71. The zero-order valence-electron chi connectivity index (χ0n) is 10.7. The number of halogens is 1. The van der Waals surface area contributed by atoms with E-state index < -0.39 is 10.0 Å². The molecule has 1 N–H and O–H groups in total. The van der Waals surface area contributed by atoms with E-state index in [9.17, 15) is 13.5 Å². The van der Waals surface area contributed by atoms with Gasteiger partial charge in [0, 0.05) is 37.2 Å². The fourth-order valence-electron chi connectivity index (χ4n) is 2.14. The average Bonchev–Trinajstić information content (AvgIpc) is 2.33. The molecule has 0 amide bonds. The first kappa shape index (κ1) is 14.8. The SMILES string of the molecule is CS(=O)(=O)N1CCN(Cc2cc(O)ccc2Br)CC1. The molecule has 1 aliphatic rings. The zero-order valence-corrected chi connectivity index (χ0v) is 13.1. The van der Waals surface area contributed by atoms with E-state index in [4.69, 9.17) is 0 Å². The molecule has 5 nitrogen and oxygen atoms in total. The van der Waals surface area contributed by atoms with Crippen molar-refractivity contribution in [3.63, 3.8) is 0 Å². The van der Waals surface area contributed by atoms with E-state index in [-0.39, 0.29) is 5.75 Å². The number of aromatic hydroxyl groups is 1. The molecule has 0 atom stereocenters. The molecule has 1 aromatic carbocycles. The molecule has 1 saturated heterocycles. The van der Waals surface area contributed by atoms with E-state index in [1.165, 1.54) is 10.6 Å². The van der Waals surface area contributed by atoms with E-state index in [1.54, 1.807) is 12.1 Å². The van der Waals surface area contributed by atoms with Gasteiger partial charge in [0.2, 0.25) is 10.0 Å². The number of rotatable bonds is 3. The summed E-state index contributed by atoms with van der Waals surface area (Å²) in [6, 6.07) is 5.18. The fraction of sp³-hybridized carbons (Fsp3) is 0.500. The van der Waals surface area contributed by atoms with Crippen LogP contribution in [0.15, 0.2) is 22.7 Å². The first-order valence-corrected chi connectivity index (χ1v) is 8.65. The number of sulfonamides is 1. The van der Waals surface area contributed by atoms with Gasteiger partial charge in [-0.1, -0.05) is 15.9 Å². The van der Waals surface area contributed by atoms with Gasteiger partial charge in [-0.05, 0) is 23.8 Å². The summed E-state index contributed by atoms with van der Waals surface area (Å²) < 4.78 is 25.3. The van der Waals surface area contributed by atoms with E-state index in [2.05, 4.69) is 20.8 Å². The molecule has 1 aliphatic heterocycles. The Bertz CT molecular complexity index is 554. The maximum absolute atomic E-state index is 11.4. The van der Waals surface area contributed by atoms with Gasteiger partial charge < -0.3 is 5.11 Å². The topological polar surface area (TPSA) is 60.9 Å². The van der Waals surface area contributed by atoms with Gasteiger partial charge in [0.05, 0.1) is 6.26 Å².